The van der Waals surface area contributed by atoms with Crippen LogP contribution in [0.4, 0.5) is 5.69 Å². The first kappa shape index (κ1) is 13.0. The van der Waals surface area contributed by atoms with Crippen molar-refractivity contribution in [3.05, 3.63) is 48.2 Å². The number of hydrogen-bond acceptors (Lipinski definition) is 5. The molecule has 2 N–H and O–H groups in total. The molecule has 1 unspecified atom stereocenters. The van der Waals surface area contributed by atoms with Crippen molar-refractivity contribution in [1.29, 1.82) is 0 Å². The number of nitrogens with zero attached hydrogens (tertiary/aromatic N) is 2. The molecule has 0 amide bonds. The largest absolute Gasteiger partial charge is 0.314 e. The summed E-state index contributed by atoms with van der Waals surface area (Å²) in [4.78, 5) is 10.7. The highest BCUT2D eigenvalue weighted by molar-refractivity contribution is 7.99. The van der Waals surface area contributed by atoms with Gasteiger partial charge in [-0.2, -0.15) is 0 Å². The van der Waals surface area contributed by atoms with E-state index in [-0.39, 0.29) is 6.04 Å². The smallest absolute Gasteiger partial charge is 0.110 e. The number of benzene rings is 1. The minimum Gasteiger partial charge on any atom is -0.314 e. The predicted octanol–water partition coefficient (Wildman–Crippen LogP) is 2.23. The number of rotatable bonds is 1. The van der Waals surface area contributed by atoms with Crippen LogP contribution in [0.3, 0.4) is 0 Å². The van der Waals surface area contributed by atoms with Crippen LogP contribution in [-0.2, 0) is 0 Å². The second-order valence-electron chi connectivity index (χ2n) is 5.13. The van der Waals surface area contributed by atoms with Gasteiger partial charge in [0, 0.05) is 36.3 Å². The van der Waals surface area contributed by atoms with Gasteiger partial charge in [-0.15, -0.1) is 0 Å². The van der Waals surface area contributed by atoms with Crippen molar-refractivity contribution in [3.63, 3.8) is 0 Å². The van der Waals surface area contributed by atoms with Crippen LogP contribution in [0.1, 0.15) is 5.56 Å². The third-order valence-corrected chi connectivity index (χ3v) is 4.81. The molecule has 5 heteroatoms. The first-order valence-corrected chi connectivity index (χ1v) is 7.98. The fourth-order valence-electron chi connectivity index (χ4n) is 2.71. The van der Waals surface area contributed by atoms with Crippen LogP contribution >= 0.6 is 11.8 Å². The molecule has 2 aliphatic rings. The predicted molar refractivity (Wildman–Crippen MR) is 85.7 cm³/mol. The number of pyridine rings is 1. The zero-order valence-electron chi connectivity index (χ0n) is 11.5. The minimum atomic E-state index is 0.230. The minimum absolute atomic E-state index is 0.230. The molecule has 1 atom stereocenters. The summed E-state index contributed by atoms with van der Waals surface area (Å²) in [5.41, 5.74) is 3.26. The molecule has 106 valence electrons. The molecule has 0 saturated carbocycles. The fourth-order valence-corrected chi connectivity index (χ4v) is 3.68. The Morgan fingerprint density at radius 2 is 2.05 bits per heavy atom. The molecular formula is C16H16N4S. The Kier molecular flexibility index (Phi) is 3.47. The first-order chi connectivity index (χ1) is 10.4. The molecule has 0 spiro atoms. The standard InChI is InChI=1S/C16H16N4S/c1-2-6-14-12(5-1)20-15(13-10-17-8-9-18-13)11-4-3-7-19-16(11)21-14/h1-7,13,17-18H,8-10H2. The van der Waals surface area contributed by atoms with Crippen LogP contribution in [0.2, 0.25) is 0 Å². The lowest BCUT2D eigenvalue weighted by Crippen LogP contribution is -2.52. The third kappa shape index (κ3) is 2.48. The van der Waals surface area contributed by atoms with Crippen molar-refractivity contribution in [2.24, 2.45) is 4.99 Å². The molecule has 4 rings (SSSR count). The second kappa shape index (κ2) is 5.60. The average molecular weight is 296 g/mol. The van der Waals surface area contributed by atoms with Gasteiger partial charge in [-0.3, -0.25) is 0 Å². The molecule has 21 heavy (non-hydrogen) atoms. The van der Waals surface area contributed by atoms with Crippen molar-refractivity contribution in [2.75, 3.05) is 19.6 Å². The quantitative estimate of drug-likeness (QED) is 0.847. The van der Waals surface area contributed by atoms with E-state index in [9.17, 15) is 0 Å². The normalized spacial score (nSPS) is 21.0. The molecule has 1 fully saturated rings. The Morgan fingerprint density at radius 1 is 1.10 bits per heavy atom. The van der Waals surface area contributed by atoms with Gasteiger partial charge in [-0.25, -0.2) is 9.98 Å². The number of aliphatic imine (C=N–C) groups is 1. The Bertz CT molecular complexity index is 692. The van der Waals surface area contributed by atoms with Gasteiger partial charge in [0.1, 0.15) is 5.03 Å². The molecule has 0 bridgehead atoms. The molecule has 0 aliphatic carbocycles. The van der Waals surface area contributed by atoms with Gasteiger partial charge in [0.15, 0.2) is 0 Å². The summed E-state index contributed by atoms with van der Waals surface area (Å²) >= 11 is 1.70. The molecule has 1 aromatic carbocycles. The average Bonchev–Trinajstić information content (AvgIpc) is 2.72. The molecule has 2 aromatic rings. The first-order valence-electron chi connectivity index (χ1n) is 7.17. The summed E-state index contributed by atoms with van der Waals surface area (Å²) in [6, 6.07) is 12.6. The van der Waals surface area contributed by atoms with E-state index in [2.05, 4.69) is 39.9 Å². The zero-order chi connectivity index (χ0) is 14.1. The summed E-state index contributed by atoms with van der Waals surface area (Å²) < 4.78 is 0. The van der Waals surface area contributed by atoms with Crippen LogP contribution < -0.4 is 10.6 Å². The van der Waals surface area contributed by atoms with Gasteiger partial charge in [0.2, 0.25) is 0 Å². The van der Waals surface area contributed by atoms with E-state index in [4.69, 9.17) is 4.99 Å². The van der Waals surface area contributed by atoms with Crippen LogP contribution in [0.15, 0.2) is 57.5 Å². The monoisotopic (exact) mass is 296 g/mol. The Labute approximate surface area is 128 Å². The highest BCUT2D eigenvalue weighted by atomic mass is 32.2. The van der Waals surface area contributed by atoms with E-state index in [1.54, 1.807) is 11.8 Å². The molecule has 3 heterocycles. The number of para-hydroxylation sites is 1. The molecule has 1 aromatic heterocycles. The maximum Gasteiger partial charge on any atom is 0.110 e. The molecule has 2 aliphatic heterocycles. The number of nitrogens with one attached hydrogen (secondary N) is 2. The molecule has 1 saturated heterocycles. The van der Waals surface area contributed by atoms with Crippen LogP contribution in [-0.4, -0.2) is 36.4 Å². The van der Waals surface area contributed by atoms with Crippen molar-refractivity contribution < 1.29 is 0 Å². The third-order valence-electron chi connectivity index (χ3n) is 3.73. The lowest BCUT2D eigenvalue weighted by molar-refractivity contribution is 0.488. The highest BCUT2D eigenvalue weighted by Gasteiger charge is 2.25. The number of hydrogen-bond donors (Lipinski definition) is 2. The van der Waals surface area contributed by atoms with Gasteiger partial charge in [0.05, 0.1) is 17.4 Å². The maximum atomic E-state index is 4.96. The molecule has 0 radical (unpaired) electrons. The summed E-state index contributed by atoms with van der Waals surface area (Å²) in [6.07, 6.45) is 1.85. The lowest BCUT2D eigenvalue weighted by atomic mass is 10.0. The van der Waals surface area contributed by atoms with Gasteiger partial charge in [0.25, 0.3) is 0 Å². The van der Waals surface area contributed by atoms with Crippen molar-refractivity contribution in [2.45, 2.75) is 16.0 Å². The zero-order valence-corrected chi connectivity index (χ0v) is 12.4. The fraction of sp³-hybridized carbons (Fsp3) is 0.250. The lowest BCUT2D eigenvalue weighted by Gasteiger charge is -2.26. The summed E-state index contributed by atoms with van der Waals surface area (Å²) in [5, 5.41) is 8.03. The van der Waals surface area contributed by atoms with E-state index in [0.29, 0.717) is 0 Å². The SMILES string of the molecule is c1ccc2c(c1)N=C(C1CNCCN1)c1cccnc1S2. The van der Waals surface area contributed by atoms with E-state index in [0.717, 1.165) is 46.5 Å². The van der Waals surface area contributed by atoms with Crippen molar-refractivity contribution in [1.82, 2.24) is 15.6 Å². The van der Waals surface area contributed by atoms with Gasteiger partial charge in [-0.1, -0.05) is 23.9 Å². The Hall–Kier alpha value is -1.69. The van der Waals surface area contributed by atoms with E-state index in [1.807, 2.05) is 18.3 Å². The molecule has 4 nitrogen and oxygen atoms in total. The van der Waals surface area contributed by atoms with Gasteiger partial charge < -0.3 is 10.6 Å². The summed E-state index contributed by atoms with van der Waals surface area (Å²) in [5.74, 6) is 0. The number of aromatic nitrogens is 1. The molecular weight excluding hydrogens is 280 g/mol. The highest BCUT2D eigenvalue weighted by Crippen LogP contribution is 2.39. The Morgan fingerprint density at radius 3 is 2.95 bits per heavy atom. The topological polar surface area (TPSA) is 49.3 Å². The number of piperazine rings is 1. The van der Waals surface area contributed by atoms with E-state index >= 15 is 0 Å². The van der Waals surface area contributed by atoms with E-state index in [1.165, 1.54) is 0 Å². The maximum absolute atomic E-state index is 4.96. The second-order valence-corrected chi connectivity index (χ2v) is 6.16. The number of fused-ring (bicyclic) bond motifs is 2. The van der Waals surface area contributed by atoms with Gasteiger partial charge >= 0.3 is 0 Å². The summed E-state index contributed by atoms with van der Waals surface area (Å²) in [6.45, 7) is 2.88. The van der Waals surface area contributed by atoms with Crippen LogP contribution in [0.25, 0.3) is 0 Å². The Balaban J connectivity index is 1.87. The van der Waals surface area contributed by atoms with Crippen LogP contribution in [0.5, 0.6) is 0 Å². The van der Waals surface area contributed by atoms with Crippen molar-refractivity contribution in [3.8, 4) is 0 Å². The summed E-state index contributed by atoms with van der Waals surface area (Å²) in [7, 11) is 0. The van der Waals surface area contributed by atoms with Crippen LogP contribution in [0, 0.1) is 0 Å². The van der Waals surface area contributed by atoms with Gasteiger partial charge in [-0.05, 0) is 24.3 Å². The van der Waals surface area contributed by atoms with E-state index < -0.39 is 0 Å². The van der Waals surface area contributed by atoms with Crippen molar-refractivity contribution >= 4 is 23.2 Å².